The second-order valence-corrected chi connectivity index (χ2v) is 14.1. The molecule has 2 rings (SSSR count). The summed E-state index contributed by atoms with van der Waals surface area (Å²) in [5.41, 5.74) is 0. The molecule has 2 heterocycles. The molecule has 3 heteroatoms. The minimum absolute atomic E-state index is 0.248. The van der Waals surface area contributed by atoms with Gasteiger partial charge in [0.05, 0.1) is 0 Å². The van der Waals surface area contributed by atoms with E-state index in [4.69, 9.17) is 9.47 Å². The summed E-state index contributed by atoms with van der Waals surface area (Å²) in [7, 11) is 2.21. The number of likely N-dealkylation sites (tertiary alicyclic amines) is 1. The molecule has 0 bridgehead atoms. The SMILES string of the molecule is CCCCC/C=C\C/C=C\CCCCCCCCC1(CCCCCCC/C=C/C/C=C\CCCCC)OC2CN(C)C(C)C2O1. The molecule has 0 amide bonds. The molecule has 0 aliphatic carbocycles. The number of rotatable bonds is 29. The fourth-order valence-electron chi connectivity index (χ4n) is 6.89. The third-order valence-corrected chi connectivity index (χ3v) is 9.99. The fourth-order valence-corrected chi connectivity index (χ4v) is 6.89. The summed E-state index contributed by atoms with van der Waals surface area (Å²) >= 11 is 0. The third-order valence-electron chi connectivity index (χ3n) is 9.99. The first-order valence-corrected chi connectivity index (χ1v) is 19.8. The van der Waals surface area contributed by atoms with Gasteiger partial charge in [-0.15, -0.1) is 0 Å². The van der Waals surface area contributed by atoms with Crippen molar-refractivity contribution >= 4 is 0 Å². The van der Waals surface area contributed by atoms with Crippen LogP contribution in [0.4, 0.5) is 0 Å². The summed E-state index contributed by atoms with van der Waals surface area (Å²) in [6.45, 7) is 7.86. The van der Waals surface area contributed by atoms with Crippen LogP contribution in [0.3, 0.4) is 0 Å². The van der Waals surface area contributed by atoms with Gasteiger partial charge in [0.25, 0.3) is 0 Å². The molecule has 2 fully saturated rings. The van der Waals surface area contributed by atoms with Crippen molar-refractivity contribution < 1.29 is 9.47 Å². The number of hydrogen-bond acceptors (Lipinski definition) is 3. The number of unbranched alkanes of at least 4 members (excludes halogenated alkanes) is 17. The second kappa shape index (κ2) is 26.9. The Hall–Kier alpha value is -1.16. The van der Waals surface area contributed by atoms with Crippen molar-refractivity contribution in [2.24, 2.45) is 0 Å². The smallest absolute Gasteiger partial charge is 0.169 e. The number of nitrogens with zero attached hydrogens (tertiary/aromatic N) is 1. The van der Waals surface area contributed by atoms with Gasteiger partial charge in [-0.1, -0.05) is 133 Å². The van der Waals surface area contributed by atoms with Crippen LogP contribution >= 0.6 is 0 Å². The third kappa shape index (κ3) is 18.7. The van der Waals surface area contributed by atoms with E-state index in [0.29, 0.717) is 6.04 Å². The molecule has 4 unspecified atom stereocenters. The maximum atomic E-state index is 6.81. The number of hydrogen-bond donors (Lipinski definition) is 0. The van der Waals surface area contributed by atoms with Gasteiger partial charge in [-0.3, -0.25) is 4.90 Å². The van der Waals surface area contributed by atoms with Gasteiger partial charge in [0.15, 0.2) is 5.79 Å². The standard InChI is InChI=1S/C42H75NO2/c1-5-7-9-11-13-15-17-19-21-23-25-27-29-31-33-35-37-42(44-40-38-43(4)39(3)41(40)45-42)36-34-32-30-28-26-24-22-20-18-16-14-12-10-8-6-2/h13-16,19-22,39-41H,5-12,17-18,23-38H2,1-4H3/b15-13-,16-14-,21-19-,22-20+. The normalized spacial score (nSPS) is 24.0. The maximum absolute atomic E-state index is 6.81. The van der Waals surface area contributed by atoms with Crippen LogP contribution in [0.2, 0.25) is 0 Å². The van der Waals surface area contributed by atoms with Gasteiger partial charge >= 0.3 is 0 Å². The second-order valence-electron chi connectivity index (χ2n) is 14.1. The molecule has 260 valence electrons. The fraction of sp³-hybridized carbons (Fsp3) is 0.810. The molecule has 0 aromatic carbocycles. The van der Waals surface area contributed by atoms with E-state index in [9.17, 15) is 0 Å². The van der Waals surface area contributed by atoms with E-state index in [0.717, 1.165) is 32.2 Å². The topological polar surface area (TPSA) is 21.7 Å². The molecule has 0 aromatic heterocycles. The molecule has 0 aromatic rings. The predicted octanol–water partition coefficient (Wildman–Crippen LogP) is 12.8. The summed E-state index contributed by atoms with van der Waals surface area (Å²) in [6, 6.07) is 0.456. The maximum Gasteiger partial charge on any atom is 0.169 e. The van der Waals surface area contributed by atoms with Gasteiger partial charge in [0.1, 0.15) is 12.2 Å². The average Bonchev–Trinajstić information content (AvgIpc) is 3.52. The van der Waals surface area contributed by atoms with Crippen LogP contribution in [0, 0.1) is 0 Å². The largest absolute Gasteiger partial charge is 0.343 e. The first-order valence-electron chi connectivity index (χ1n) is 19.8. The Kier molecular flexibility index (Phi) is 23.9. The van der Waals surface area contributed by atoms with Crippen LogP contribution in [0.15, 0.2) is 48.6 Å². The van der Waals surface area contributed by atoms with Gasteiger partial charge < -0.3 is 9.47 Å². The Balaban J connectivity index is 1.55. The lowest BCUT2D eigenvalue weighted by Crippen LogP contribution is -2.37. The van der Waals surface area contributed by atoms with Crippen LogP contribution in [0.25, 0.3) is 0 Å². The first kappa shape index (κ1) is 40.0. The predicted molar refractivity (Wildman–Crippen MR) is 198 cm³/mol. The summed E-state index contributed by atoms with van der Waals surface area (Å²) < 4.78 is 13.6. The van der Waals surface area contributed by atoms with E-state index in [1.807, 2.05) is 0 Å². The minimum atomic E-state index is -0.326. The summed E-state index contributed by atoms with van der Waals surface area (Å²) in [5.74, 6) is -0.326. The van der Waals surface area contributed by atoms with Gasteiger partial charge in [-0.05, 0) is 91.0 Å². The number of likely N-dealkylation sites (N-methyl/N-ethyl adjacent to an activating group) is 1. The lowest BCUT2D eigenvalue weighted by atomic mass is 9.98. The van der Waals surface area contributed by atoms with Crippen LogP contribution in [-0.2, 0) is 9.47 Å². The van der Waals surface area contributed by atoms with Gasteiger partial charge in [0.2, 0.25) is 0 Å². The average molecular weight is 626 g/mol. The first-order chi connectivity index (χ1) is 22.1. The Labute approximate surface area is 281 Å². The van der Waals surface area contributed by atoms with Gasteiger partial charge in [-0.25, -0.2) is 0 Å². The number of fused-ring (bicyclic) bond motifs is 1. The van der Waals surface area contributed by atoms with Crippen molar-refractivity contribution in [1.82, 2.24) is 4.90 Å². The molecule has 45 heavy (non-hydrogen) atoms. The molecule has 0 radical (unpaired) electrons. The Bertz CT molecular complexity index is 801. The van der Waals surface area contributed by atoms with Crippen LogP contribution in [-0.4, -0.2) is 42.5 Å². The molecular formula is C42H75NO2. The van der Waals surface area contributed by atoms with E-state index in [1.54, 1.807) is 0 Å². The van der Waals surface area contributed by atoms with Crippen molar-refractivity contribution in [1.29, 1.82) is 0 Å². The zero-order valence-corrected chi connectivity index (χ0v) is 30.5. The number of allylic oxidation sites excluding steroid dienone is 8. The molecule has 0 spiro atoms. The molecule has 2 saturated heterocycles. The van der Waals surface area contributed by atoms with Crippen molar-refractivity contribution in [3.8, 4) is 0 Å². The highest BCUT2D eigenvalue weighted by Crippen LogP contribution is 2.42. The summed E-state index contributed by atoms with van der Waals surface area (Å²) in [6.07, 6.45) is 51.1. The van der Waals surface area contributed by atoms with Crippen LogP contribution in [0.5, 0.6) is 0 Å². The highest BCUT2D eigenvalue weighted by Gasteiger charge is 2.53. The summed E-state index contributed by atoms with van der Waals surface area (Å²) in [5, 5.41) is 0. The van der Waals surface area contributed by atoms with Crippen molar-refractivity contribution in [3.05, 3.63) is 48.6 Å². The molecular weight excluding hydrogens is 550 g/mol. The van der Waals surface area contributed by atoms with Crippen molar-refractivity contribution in [2.45, 2.75) is 205 Å². The zero-order valence-electron chi connectivity index (χ0n) is 30.5. The number of ether oxygens (including phenoxy) is 2. The van der Waals surface area contributed by atoms with Crippen LogP contribution in [0.1, 0.15) is 181 Å². The van der Waals surface area contributed by atoms with Gasteiger partial charge in [0, 0.05) is 25.4 Å². The Morgan fingerprint density at radius 1 is 0.533 bits per heavy atom. The molecule has 2 aliphatic rings. The molecule has 3 nitrogen and oxygen atoms in total. The van der Waals surface area contributed by atoms with E-state index in [1.165, 1.54) is 135 Å². The highest BCUT2D eigenvalue weighted by molar-refractivity contribution is 4.98. The lowest BCUT2D eigenvalue weighted by Gasteiger charge is -2.31. The molecule has 4 atom stereocenters. The van der Waals surface area contributed by atoms with E-state index in [2.05, 4.69) is 81.3 Å². The van der Waals surface area contributed by atoms with Crippen molar-refractivity contribution in [3.63, 3.8) is 0 Å². The summed E-state index contributed by atoms with van der Waals surface area (Å²) in [4.78, 5) is 2.40. The Morgan fingerprint density at radius 3 is 1.36 bits per heavy atom. The van der Waals surface area contributed by atoms with E-state index < -0.39 is 0 Å². The highest BCUT2D eigenvalue weighted by atomic mass is 16.8. The lowest BCUT2D eigenvalue weighted by molar-refractivity contribution is -0.197. The molecule has 0 N–H and O–H groups in total. The van der Waals surface area contributed by atoms with E-state index >= 15 is 0 Å². The molecule has 0 saturated carbocycles. The minimum Gasteiger partial charge on any atom is -0.343 e. The quantitative estimate of drug-likeness (QED) is 0.0610. The van der Waals surface area contributed by atoms with Crippen molar-refractivity contribution in [2.75, 3.05) is 13.6 Å². The van der Waals surface area contributed by atoms with E-state index in [-0.39, 0.29) is 18.0 Å². The van der Waals surface area contributed by atoms with Gasteiger partial charge in [-0.2, -0.15) is 0 Å². The zero-order chi connectivity index (χ0) is 32.3. The van der Waals surface area contributed by atoms with Crippen LogP contribution < -0.4 is 0 Å². The monoisotopic (exact) mass is 626 g/mol. The molecule has 2 aliphatic heterocycles. The Morgan fingerprint density at radius 2 is 0.933 bits per heavy atom.